The lowest BCUT2D eigenvalue weighted by molar-refractivity contribution is 0.396. The number of nitrogens with two attached hydrogens (primary N) is 1. The molecule has 106 valence electrons. The Labute approximate surface area is 118 Å². The van der Waals surface area contributed by atoms with Gasteiger partial charge in [0.15, 0.2) is 0 Å². The third-order valence-electron chi connectivity index (χ3n) is 3.65. The molecule has 0 spiro atoms. The molecule has 0 bridgehead atoms. The van der Waals surface area contributed by atoms with Gasteiger partial charge in [0.05, 0.1) is 0 Å². The van der Waals surface area contributed by atoms with Gasteiger partial charge in [0.25, 0.3) is 0 Å². The van der Waals surface area contributed by atoms with Crippen LogP contribution >= 0.6 is 0 Å². The molecule has 0 heterocycles. The van der Waals surface area contributed by atoms with Crippen molar-refractivity contribution < 1.29 is 8.78 Å². The molecule has 0 aromatic heterocycles. The van der Waals surface area contributed by atoms with Gasteiger partial charge in [0.1, 0.15) is 11.6 Å². The number of benzene rings is 2. The lowest BCUT2D eigenvalue weighted by Gasteiger charge is -2.29. The first-order chi connectivity index (χ1) is 9.52. The number of halogens is 2. The van der Waals surface area contributed by atoms with E-state index < -0.39 is 17.2 Å². The highest BCUT2D eigenvalue weighted by molar-refractivity contribution is 5.24. The smallest absolute Gasteiger partial charge is 0.126 e. The molecule has 0 aliphatic rings. The van der Waals surface area contributed by atoms with Crippen LogP contribution in [0.1, 0.15) is 24.5 Å². The van der Waals surface area contributed by atoms with Crippen molar-refractivity contribution in [3.63, 3.8) is 0 Å². The minimum absolute atomic E-state index is 0.321. The number of rotatable bonds is 5. The van der Waals surface area contributed by atoms with E-state index in [0.717, 1.165) is 17.7 Å². The van der Waals surface area contributed by atoms with Crippen LogP contribution in [0.15, 0.2) is 48.5 Å². The predicted octanol–water partition coefficient (Wildman–Crippen LogP) is 3.86. The summed E-state index contributed by atoms with van der Waals surface area (Å²) in [6.07, 6.45) is 1.65. The second kappa shape index (κ2) is 6.14. The Balaban J connectivity index is 2.20. The second-order valence-electron chi connectivity index (χ2n) is 5.29. The molecule has 2 aromatic carbocycles. The van der Waals surface area contributed by atoms with Crippen LogP contribution in [0.25, 0.3) is 0 Å². The van der Waals surface area contributed by atoms with E-state index >= 15 is 0 Å². The Hall–Kier alpha value is -1.74. The van der Waals surface area contributed by atoms with Crippen molar-refractivity contribution in [2.45, 2.75) is 31.7 Å². The first-order valence-electron chi connectivity index (χ1n) is 6.79. The van der Waals surface area contributed by atoms with E-state index in [2.05, 4.69) is 0 Å². The zero-order valence-corrected chi connectivity index (χ0v) is 11.6. The zero-order valence-electron chi connectivity index (χ0n) is 11.6. The SMILES string of the molecule is CCC(N)(Cc1ccccc1)Cc1cc(F)ccc1F. The summed E-state index contributed by atoms with van der Waals surface area (Å²) in [6.45, 7) is 1.97. The third-order valence-corrected chi connectivity index (χ3v) is 3.65. The fourth-order valence-electron chi connectivity index (χ4n) is 2.37. The molecule has 0 fully saturated rings. The van der Waals surface area contributed by atoms with Gasteiger partial charge >= 0.3 is 0 Å². The lowest BCUT2D eigenvalue weighted by atomic mass is 9.83. The van der Waals surface area contributed by atoms with Gasteiger partial charge in [-0.2, -0.15) is 0 Å². The summed E-state index contributed by atoms with van der Waals surface area (Å²) < 4.78 is 27.0. The van der Waals surface area contributed by atoms with E-state index in [1.165, 1.54) is 6.07 Å². The molecular weight excluding hydrogens is 256 g/mol. The molecule has 0 aliphatic carbocycles. The molecule has 0 radical (unpaired) electrons. The summed E-state index contributed by atoms with van der Waals surface area (Å²) in [5, 5.41) is 0. The van der Waals surface area contributed by atoms with Gasteiger partial charge in [-0.15, -0.1) is 0 Å². The monoisotopic (exact) mass is 275 g/mol. The Morgan fingerprint density at radius 3 is 2.35 bits per heavy atom. The van der Waals surface area contributed by atoms with E-state index in [1.54, 1.807) is 0 Å². The van der Waals surface area contributed by atoms with Crippen molar-refractivity contribution in [2.75, 3.05) is 0 Å². The summed E-state index contributed by atoms with van der Waals surface area (Å²) in [5.41, 5.74) is 7.26. The Morgan fingerprint density at radius 2 is 1.70 bits per heavy atom. The van der Waals surface area contributed by atoms with Crippen LogP contribution in [-0.2, 0) is 12.8 Å². The minimum Gasteiger partial charge on any atom is -0.325 e. The maximum atomic E-state index is 13.8. The highest BCUT2D eigenvalue weighted by Crippen LogP contribution is 2.22. The van der Waals surface area contributed by atoms with Gasteiger partial charge in [0.2, 0.25) is 0 Å². The van der Waals surface area contributed by atoms with Gasteiger partial charge in [0, 0.05) is 5.54 Å². The van der Waals surface area contributed by atoms with Gasteiger partial charge in [-0.3, -0.25) is 0 Å². The molecule has 1 unspecified atom stereocenters. The molecule has 0 saturated carbocycles. The van der Waals surface area contributed by atoms with Crippen LogP contribution in [0.5, 0.6) is 0 Å². The molecule has 2 aromatic rings. The average Bonchev–Trinajstić information content (AvgIpc) is 2.44. The van der Waals surface area contributed by atoms with E-state index in [0.29, 0.717) is 24.8 Å². The maximum Gasteiger partial charge on any atom is 0.126 e. The summed E-state index contributed by atoms with van der Waals surface area (Å²) in [5.74, 6) is -0.831. The highest BCUT2D eigenvalue weighted by Gasteiger charge is 2.25. The second-order valence-corrected chi connectivity index (χ2v) is 5.29. The van der Waals surface area contributed by atoms with Crippen LogP contribution in [0.2, 0.25) is 0 Å². The Kier molecular flexibility index (Phi) is 4.50. The highest BCUT2D eigenvalue weighted by atomic mass is 19.1. The Bertz CT molecular complexity index is 568. The fourth-order valence-corrected chi connectivity index (χ4v) is 2.37. The Morgan fingerprint density at radius 1 is 1.00 bits per heavy atom. The van der Waals surface area contributed by atoms with Gasteiger partial charge < -0.3 is 5.73 Å². The van der Waals surface area contributed by atoms with Crippen molar-refractivity contribution >= 4 is 0 Å². The molecule has 0 saturated heterocycles. The standard InChI is InChI=1S/C17H19F2N/c1-2-17(20,11-13-6-4-3-5-7-13)12-14-10-15(18)8-9-16(14)19/h3-10H,2,11-12,20H2,1H3. The van der Waals surface area contributed by atoms with Crippen LogP contribution in [0.3, 0.4) is 0 Å². The molecule has 2 N–H and O–H groups in total. The first-order valence-corrected chi connectivity index (χ1v) is 6.79. The topological polar surface area (TPSA) is 26.0 Å². The van der Waals surface area contributed by atoms with E-state index in [9.17, 15) is 8.78 Å². The van der Waals surface area contributed by atoms with E-state index in [1.807, 2.05) is 37.3 Å². The van der Waals surface area contributed by atoms with E-state index in [4.69, 9.17) is 5.73 Å². The van der Waals surface area contributed by atoms with Gasteiger partial charge in [-0.25, -0.2) is 8.78 Å². The van der Waals surface area contributed by atoms with Crippen molar-refractivity contribution in [1.82, 2.24) is 0 Å². The number of hydrogen-bond donors (Lipinski definition) is 1. The first kappa shape index (κ1) is 14.7. The molecule has 1 atom stereocenters. The summed E-state index contributed by atoms with van der Waals surface area (Å²) in [4.78, 5) is 0. The molecular formula is C17H19F2N. The molecule has 3 heteroatoms. The van der Waals surface area contributed by atoms with Crippen molar-refractivity contribution in [1.29, 1.82) is 0 Å². The quantitative estimate of drug-likeness (QED) is 0.881. The van der Waals surface area contributed by atoms with Gasteiger partial charge in [-0.05, 0) is 48.6 Å². The molecule has 2 rings (SSSR count). The summed E-state index contributed by atoms with van der Waals surface area (Å²) in [7, 11) is 0. The van der Waals surface area contributed by atoms with Crippen LogP contribution in [-0.4, -0.2) is 5.54 Å². The molecule has 1 nitrogen and oxygen atoms in total. The third kappa shape index (κ3) is 3.64. The van der Waals surface area contributed by atoms with Crippen LogP contribution < -0.4 is 5.73 Å². The largest absolute Gasteiger partial charge is 0.325 e. The van der Waals surface area contributed by atoms with Crippen molar-refractivity contribution in [3.05, 3.63) is 71.3 Å². The summed E-state index contributed by atoms with van der Waals surface area (Å²) >= 11 is 0. The zero-order chi connectivity index (χ0) is 14.6. The minimum atomic E-state index is -0.573. The normalized spacial score (nSPS) is 14.0. The molecule has 0 aliphatic heterocycles. The number of hydrogen-bond acceptors (Lipinski definition) is 1. The van der Waals surface area contributed by atoms with Gasteiger partial charge in [-0.1, -0.05) is 37.3 Å². The maximum absolute atomic E-state index is 13.8. The van der Waals surface area contributed by atoms with E-state index in [-0.39, 0.29) is 0 Å². The van der Waals surface area contributed by atoms with Crippen molar-refractivity contribution in [3.8, 4) is 0 Å². The molecule has 0 amide bonds. The predicted molar refractivity (Wildman–Crippen MR) is 77.4 cm³/mol. The molecule has 20 heavy (non-hydrogen) atoms. The summed E-state index contributed by atoms with van der Waals surface area (Å²) in [6, 6.07) is 13.4. The van der Waals surface area contributed by atoms with Crippen LogP contribution in [0, 0.1) is 11.6 Å². The van der Waals surface area contributed by atoms with Crippen LogP contribution in [0.4, 0.5) is 8.78 Å². The van der Waals surface area contributed by atoms with Crippen molar-refractivity contribution in [2.24, 2.45) is 5.73 Å². The fraction of sp³-hybridized carbons (Fsp3) is 0.294. The average molecular weight is 275 g/mol. The lowest BCUT2D eigenvalue weighted by Crippen LogP contribution is -2.44.